The van der Waals surface area contributed by atoms with Gasteiger partial charge in [0.1, 0.15) is 0 Å². The van der Waals surface area contributed by atoms with Gasteiger partial charge in [0, 0.05) is 12.6 Å². The number of rotatable bonds is 7. The molecule has 0 amide bonds. The van der Waals surface area contributed by atoms with Gasteiger partial charge in [-0.15, -0.1) is 0 Å². The van der Waals surface area contributed by atoms with E-state index in [1.165, 1.54) is 19.4 Å². The van der Waals surface area contributed by atoms with Gasteiger partial charge in [-0.2, -0.15) is 0 Å². The van der Waals surface area contributed by atoms with Crippen molar-refractivity contribution in [2.24, 2.45) is 0 Å². The molecule has 12 heavy (non-hydrogen) atoms. The maximum atomic E-state index is 3.40. The summed E-state index contributed by atoms with van der Waals surface area (Å²) >= 11 is 0. The van der Waals surface area contributed by atoms with Crippen molar-refractivity contribution in [2.75, 3.05) is 26.7 Å². The topological polar surface area (TPSA) is 15.3 Å². The molecule has 0 rings (SSSR count). The standard InChI is InChI=1S/C10H24N2/c1-5-8-12(4)10(6-2)9-11-7-3/h10-11H,5-9H2,1-4H3. The Labute approximate surface area is 77.3 Å². The van der Waals surface area contributed by atoms with E-state index in [2.05, 4.69) is 38.0 Å². The molecule has 1 atom stereocenters. The molecule has 0 bridgehead atoms. The molecule has 0 saturated carbocycles. The second kappa shape index (κ2) is 7.56. The molecule has 1 N–H and O–H groups in total. The quantitative estimate of drug-likeness (QED) is 0.629. The Morgan fingerprint density at radius 3 is 2.33 bits per heavy atom. The summed E-state index contributed by atoms with van der Waals surface area (Å²) in [4.78, 5) is 2.45. The van der Waals surface area contributed by atoms with Gasteiger partial charge >= 0.3 is 0 Å². The Morgan fingerprint density at radius 2 is 1.92 bits per heavy atom. The molecular formula is C10H24N2. The molecule has 0 spiro atoms. The van der Waals surface area contributed by atoms with E-state index in [9.17, 15) is 0 Å². The highest BCUT2D eigenvalue weighted by molar-refractivity contribution is 4.68. The predicted octanol–water partition coefficient (Wildman–Crippen LogP) is 1.72. The van der Waals surface area contributed by atoms with E-state index in [-0.39, 0.29) is 0 Å². The lowest BCUT2D eigenvalue weighted by Crippen LogP contribution is -2.39. The second-order valence-corrected chi connectivity index (χ2v) is 3.35. The van der Waals surface area contributed by atoms with Crippen LogP contribution in [0.25, 0.3) is 0 Å². The zero-order valence-electron chi connectivity index (χ0n) is 9.06. The van der Waals surface area contributed by atoms with E-state index >= 15 is 0 Å². The van der Waals surface area contributed by atoms with Gasteiger partial charge in [-0.05, 0) is 33.0 Å². The summed E-state index contributed by atoms with van der Waals surface area (Å²) in [6, 6.07) is 0.713. The fourth-order valence-corrected chi connectivity index (χ4v) is 1.46. The number of hydrogen-bond donors (Lipinski definition) is 1. The van der Waals surface area contributed by atoms with E-state index in [1.807, 2.05) is 0 Å². The Bertz CT molecular complexity index is 93.8. The highest BCUT2D eigenvalue weighted by atomic mass is 15.1. The number of nitrogens with one attached hydrogen (secondary N) is 1. The molecule has 0 saturated heterocycles. The molecule has 0 radical (unpaired) electrons. The summed E-state index contributed by atoms with van der Waals surface area (Å²) in [6.07, 6.45) is 2.49. The zero-order chi connectivity index (χ0) is 9.40. The summed E-state index contributed by atoms with van der Waals surface area (Å²) in [5.74, 6) is 0. The Balaban J connectivity index is 3.62. The molecular weight excluding hydrogens is 148 g/mol. The van der Waals surface area contributed by atoms with Crippen molar-refractivity contribution < 1.29 is 0 Å². The minimum atomic E-state index is 0.713. The number of nitrogens with zero attached hydrogens (tertiary/aromatic N) is 1. The van der Waals surface area contributed by atoms with E-state index in [0.29, 0.717) is 6.04 Å². The summed E-state index contributed by atoms with van der Waals surface area (Å²) in [5, 5.41) is 3.40. The maximum absolute atomic E-state index is 3.40. The first-order chi connectivity index (χ1) is 5.76. The lowest BCUT2D eigenvalue weighted by Gasteiger charge is -2.26. The Hall–Kier alpha value is -0.0800. The van der Waals surface area contributed by atoms with Crippen LogP contribution in [-0.4, -0.2) is 37.6 Å². The predicted molar refractivity (Wildman–Crippen MR) is 55.5 cm³/mol. The molecule has 0 heterocycles. The number of hydrogen-bond acceptors (Lipinski definition) is 2. The minimum absolute atomic E-state index is 0.713. The largest absolute Gasteiger partial charge is 0.315 e. The molecule has 0 aromatic carbocycles. The number of likely N-dealkylation sites (N-methyl/N-ethyl adjacent to an activating group) is 2. The van der Waals surface area contributed by atoms with Crippen molar-refractivity contribution in [3.63, 3.8) is 0 Å². The van der Waals surface area contributed by atoms with Crippen LogP contribution in [0.2, 0.25) is 0 Å². The van der Waals surface area contributed by atoms with Crippen molar-refractivity contribution in [3.8, 4) is 0 Å². The maximum Gasteiger partial charge on any atom is 0.0214 e. The average molecular weight is 172 g/mol. The first-order valence-electron chi connectivity index (χ1n) is 5.17. The lowest BCUT2D eigenvalue weighted by molar-refractivity contribution is 0.231. The summed E-state index contributed by atoms with van der Waals surface area (Å²) in [7, 11) is 2.22. The molecule has 2 nitrogen and oxygen atoms in total. The minimum Gasteiger partial charge on any atom is -0.315 e. The van der Waals surface area contributed by atoms with E-state index < -0.39 is 0 Å². The third kappa shape index (κ3) is 4.73. The van der Waals surface area contributed by atoms with Gasteiger partial charge in [0.15, 0.2) is 0 Å². The van der Waals surface area contributed by atoms with Crippen LogP contribution in [0.1, 0.15) is 33.6 Å². The van der Waals surface area contributed by atoms with Gasteiger partial charge in [0.05, 0.1) is 0 Å². The summed E-state index contributed by atoms with van der Waals surface area (Å²) in [5.41, 5.74) is 0. The van der Waals surface area contributed by atoms with Crippen molar-refractivity contribution in [2.45, 2.75) is 39.7 Å². The van der Waals surface area contributed by atoms with E-state index in [4.69, 9.17) is 0 Å². The van der Waals surface area contributed by atoms with Gasteiger partial charge in [-0.3, -0.25) is 0 Å². The molecule has 1 unspecified atom stereocenters. The monoisotopic (exact) mass is 172 g/mol. The lowest BCUT2D eigenvalue weighted by atomic mass is 10.2. The fraction of sp³-hybridized carbons (Fsp3) is 1.00. The van der Waals surface area contributed by atoms with Crippen LogP contribution in [-0.2, 0) is 0 Å². The highest BCUT2D eigenvalue weighted by Crippen LogP contribution is 2.00. The molecule has 0 aromatic rings. The van der Waals surface area contributed by atoms with Crippen molar-refractivity contribution >= 4 is 0 Å². The summed E-state index contributed by atoms with van der Waals surface area (Å²) in [6.45, 7) is 10.1. The third-order valence-electron chi connectivity index (χ3n) is 2.30. The van der Waals surface area contributed by atoms with Crippen molar-refractivity contribution in [1.82, 2.24) is 10.2 Å². The van der Waals surface area contributed by atoms with Gasteiger partial charge < -0.3 is 10.2 Å². The Morgan fingerprint density at radius 1 is 1.25 bits per heavy atom. The van der Waals surface area contributed by atoms with Crippen molar-refractivity contribution in [3.05, 3.63) is 0 Å². The van der Waals surface area contributed by atoms with Gasteiger partial charge in [0.2, 0.25) is 0 Å². The fourth-order valence-electron chi connectivity index (χ4n) is 1.46. The smallest absolute Gasteiger partial charge is 0.0214 e. The normalized spacial score (nSPS) is 13.8. The van der Waals surface area contributed by atoms with Crippen LogP contribution >= 0.6 is 0 Å². The van der Waals surface area contributed by atoms with Crippen LogP contribution in [0, 0.1) is 0 Å². The first-order valence-corrected chi connectivity index (χ1v) is 5.17. The van der Waals surface area contributed by atoms with Crippen LogP contribution in [0.5, 0.6) is 0 Å². The van der Waals surface area contributed by atoms with Gasteiger partial charge in [0.25, 0.3) is 0 Å². The average Bonchev–Trinajstić information content (AvgIpc) is 2.06. The molecule has 0 aliphatic rings. The van der Waals surface area contributed by atoms with Gasteiger partial charge in [-0.25, -0.2) is 0 Å². The third-order valence-corrected chi connectivity index (χ3v) is 2.30. The second-order valence-electron chi connectivity index (χ2n) is 3.35. The van der Waals surface area contributed by atoms with Crippen LogP contribution in [0.4, 0.5) is 0 Å². The van der Waals surface area contributed by atoms with Crippen LogP contribution in [0.15, 0.2) is 0 Å². The Kier molecular flexibility index (Phi) is 7.51. The SMILES string of the molecule is CCCN(C)C(CC)CNCC. The van der Waals surface area contributed by atoms with E-state index in [0.717, 1.165) is 13.1 Å². The summed E-state index contributed by atoms with van der Waals surface area (Å²) < 4.78 is 0. The van der Waals surface area contributed by atoms with Crippen LogP contribution < -0.4 is 5.32 Å². The molecule has 0 fully saturated rings. The molecule has 74 valence electrons. The highest BCUT2D eigenvalue weighted by Gasteiger charge is 2.09. The van der Waals surface area contributed by atoms with E-state index in [1.54, 1.807) is 0 Å². The first kappa shape index (κ1) is 11.9. The van der Waals surface area contributed by atoms with Crippen molar-refractivity contribution in [1.29, 1.82) is 0 Å². The van der Waals surface area contributed by atoms with Gasteiger partial charge in [-0.1, -0.05) is 20.8 Å². The zero-order valence-corrected chi connectivity index (χ0v) is 9.06. The molecule has 0 aromatic heterocycles. The molecule has 0 aliphatic carbocycles. The van der Waals surface area contributed by atoms with Crippen LogP contribution in [0.3, 0.4) is 0 Å². The molecule has 2 heteroatoms. The molecule has 0 aliphatic heterocycles.